The topological polar surface area (TPSA) is 104 Å². The van der Waals surface area contributed by atoms with Crippen LogP contribution >= 0.6 is 0 Å². The summed E-state index contributed by atoms with van der Waals surface area (Å²) in [5.74, 6) is -3.06. The standard InChI is InChI=1S/C19H14F2N4O3/c1-4-7-23-19(28)17(26)14-10(2)25(3)16(15(14)21)18(27)24-12-5-6-13(20)11(8-12)9-22/h1,5-6,8H,7H2,2-3H3,(H,23,28)(H,24,27). The lowest BCUT2D eigenvalue weighted by atomic mass is 10.1. The maximum absolute atomic E-state index is 14.8. The highest BCUT2D eigenvalue weighted by atomic mass is 19.1. The molecule has 0 unspecified atom stereocenters. The van der Waals surface area contributed by atoms with Crippen molar-refractivity contribution in [3.8, 4) is 18.4 Å². The number of hydrogen-bond acceptors (Lipinski definition) is 4. The Balaban J connectivity index is 2.38. The van der Waals surface area contributed by atoms with Crippen LogP contribution in [0.1, 0.15) is 32.1 Å². The number of amides is 2. The molecule has 0 aliphatic rings. The lowest BCUT2D eigenvalue weighted by Crippen LogP contribution is -2.32. The van der Waals surface area contributed by atoms with Crippen LogP contribution in [0.4, 0.5) is 14.5 Å². The molecule has 0 saturated carbocycles. The number of benzene rings is 1. The van der Waals surface area contributed by atoms with Gasteiger partial charge in [0.15, 0.2) is 5.82 Å². The van der Waals surface area contributed by atoms with Gasteiger partial charge in [-0.15, -0.1) is 6.42 Å². The minimum Gasteiger partial charge on any atom is -0.341 e. The lowest BCUT2D eigenvalue weighted by molar-refractivity contribution is -0.116. The summed E-state index contributed by atoms with van der Waals surface area (Å²) in [5, 5.41) is 13.3. The predicted molar refractivity (Wildman–Crippen MR) is 95.3 cm³/mol. The summed E-state index contributed by atoms with van der Waals surface area (Å²) in [5.41, 5.74) is -1.25. The zero-order valence-corrected chi connectivity index (χ0v) is 14.9. The molecule has 2 N–H and O–H groups in total. The molecule has 0 bridgehead atoms. The molecule has 0 fully saturated rings. The number of hydrogen-bond donors (Lipinski definition) is 2. The number of nitrogens with one attached hydrogen (secondary N) is 2. The summed E-state index contributed by atoms with van der Waals surface area (Å²) >= 11 is 0. The quantitative estimate of drug-likeness (QED) is 0.465. The van der Waals surface area contributed by atoms with Gasteiger partial charge in [0.1, 0.15) is 17.6 Å². The van der Waals surface area contributed by atoms with E-state index >= 15 is 0 Å². The second-order valence-electron chi connectivity index (χ2n) is 5.66. The highest BCUT2D eigenvalue weighted by Gasteiger charge is 2.31. The van der Waals surface area contributed by atoms with E-state index in [1.165, 1.54) is 20.0 Å². The van der Waals surface area contributed by atoms with Crippen molar-refractivity contribution in [2.24, 2.45) is 7.05 Å². The molecule has 7 nitrogen and oxygen atoms in total. The second-order valence-corrected chi connectivity index (χ2v) is 5.66. The number of nitriles is 1. The monoisotopic (exact) mass is 384 g/mol. The highest BCUT2D eigenvalue weighted by molar-refractivity contribution is 6.43. The molecule has 2 amide bonds. The van der Waals surface area contributed by atoms with Crippen molar-refractivity contribution in [3.05, 3.63) is 52.3 Å². The molecule has 0 atom stereocenters. The van der Waals surface area contributed by atoms with Gasteiger partial charge in [0.25, 0.3) is 17.6 Å². The molecule has 0 radical (unpaired) electrons. The van der Waals surface area contributed by atoms with Crippen LogP contribution in [0, 0.1) is 42.2 Å². The SMILES string of the molecule is C#CCNC(=O)C(=O)c1c(F)c(C(=O)Nc2ccc(F)c(C#N)c2)n(C)c1C. The minimum atomic E-state index is -1.18. The van der Waals surface area contributed by atoms with E-state index in [1.54, 1.807) is 6.07 Å². The zero-order valence-electron chi connectivity index (χ0n) is 14.9. The third kappa shape index (κ3) is 3.74. The number of halogens is 2. The molecule has 0 aliphatic carbocycles. The van der Waals surface area contributed by atoms with Crippen molar-refractivity contribution in [2.45, 2.75) is 6.92 Å². The lowest BCUT2D eigenvalue weighted by Gasteiger charge is -2.07. The van der Waals surface area contributed by atoms with Crippen LogP contribution in [0.2, 0.25) is 0 Å². The number of Topliss-reactive ketones (excluding diaryl/α,β-unsaturated/α-hetero) is 1. The number of carbonyl (C=O) groups is 3. The minimum absolute atomic E-state index is 0.0559. The van der Waals surface area contributed by atoms with Crippen LogP contribution in [0.3, 0.4) is 0 Å². The van der Waals surface area contributed by atoms with Gasteiger partial charge >= 0.3 is 0 Å². The number of nitrogens with zero attached hydrogens (tertiary/aromatic N) is 2. The summed E-state index contributed by atoms with van der Waals surface area (Å²) < 4.78 is 29.3. The van der Waals surface area contributed by atoms with E-state index in [2.05, 4.69) is 16.6 Å². The number of anilines is 1. The van der Waals surface area contributed by atoms with Gasteiger partial charge in [-0.05, 0) is 25.1 Å². The largest absolute Gasteiger partial charge is 0.341 e. The Morgan fingerprint density at radius 2 is 1.96 bits per heavy atom. The van der Waals surface area contributed by atoms with E-state index < -0.39 is 40.5 Å². The van der Waals surface area contributed by atoms with Crippen molar-refractivity contribution in [1.29, 1.82) is 5.26 Å². The first-order valence-corrected chi connectivity index (χ1v) is 7.84. The van der Waals surface area contributed by atoms with Crippen molar-refractivity contribution in [1.82, 2.24) is 9.88 Å². The molecule has 28 heavy (non-hydrogen) atoms. The zero-order chi connectivity index (χ0) is 21.0. The van der Waals surface area contributed by atoms with Gasteiger partial charge in [-0.2, -0.15) is 5.26 Å². The smallest absolute Gasteiger partial charge is 0.293 e. The molecule has 1 heterocycles. The number of terminal acetylenes is 1. The fourth-order valence-corrected chi connectivity index (χ4v) is 2.48. The van der Waals surface area contributed by atoms with Gasteiger partial charge < -0.3 is 15.2 Å². The Bertz CT molecular complexity index is 1070. The van der Waals surface area contributed by atoms with Crippen LogP contribution in [-0.4, -0.2) is 28.7 Å². The van der Waals surface area contributed by atoms with E-state index in [1.807, 2.05) is 0 Å². The van der Waals surface area contributed by atoms with Gasteiger partial charge in [0.2, 0.25) is 0 Å². The number of rotatable bonds is 5. The highest BCUT2D eigenvalue weighted by Crippen LogP contribution is 2.23. The molecule has 0 aliphatic heterocycles. The molecule has 0 spiro atoms. The average Bonchev–Trinajstić information content (AvgIpc) is 2.89. The Morgan fingerprint density at radius 3 is 2.57 bits per heavy atom. The van der Waals surface area contributed by atoms with Crippen molar-refractivity contribution < 1.29 is 23.2 Å². The van der Waals surface area contributed by atoms with E-state index in [4.69, 9.17) is 11.7 Å². The van der Waals surface area contributed by atoms with Crippen LogP contribution in [0.5, 0.6) is 0 Å². The fraction of sp³-hybridized carbons (Fsp3) is 0.158. The van der Waals surface area contributed by atoms with Gasteiger partial charge in [0, 0.05) is 18.4 Å². The summed E-state index contributed by atoms with van der Waals surface area (Å²) in [6, 6.07) is 4.88. The number of ketones is 1. The molecule has 9 heteroatoms. The molecule has 142 valence electrons. The maximum atomic E-state index is 14.8. The second kappa shape index (κ2) is 8.14. The van der Waals surface area contributed by atoms with Gasteiger partial charge in [-0.25, -0.2) is 8.78 Å². The predicted octanol–water partition coefficient (Wildman–Crippen LogP) is 1.67. The van der Waals surface area contributed by atoms with E-state index in [9.17, 15) is 23.2 Å². The first kappa shape index (κ1) is 20.3. The van der Waals surface area contributed by atoms with Crippen LogP contribution in [-0.2, 0) is 11.8 Å². The van der Waals surface area contributed by atoms with Crippen molar-refractivity contribution in [2.75, 3.05) is 11.9 Å². The Labute approximate surface area is 158 Å². The summed E-state index contributed by atoms with van der Waals surface area (Å²) in [6.45, 7) is 1.16. The van der Waals surface area contributed by atoms with Crippen LogP contribution in [0.15, 0.2) is 18.2 Å². The number of carbonyl (C=O) groups excluding carboxylic acids is 3. The molecule has 2 aromatic rings. The Hall–Kier alpha value is -3.98. The van der Waals surface area contributed by atoms with Gasteiger partial charge in [-0.3, -0.25) is 14.4 Å². The van der Waals surface area contributed by atoms with Gasteiger partial charge in [-0.1, -0.05) is 5.92 Å². The first-order valence-electron chi connectivity index (χ1n) is 7.84. The van der Waals surface area contributed by atoms with Crippen LogP contribution in [0.25, 0.3) is 0 Å². The molecule has 1 aromatic carbocycles. The summed E-state index contributed by atoms with van der Waals surface area (Å²) in [6.07, 6.45) is 5.00. The normalized spacial score (nSPS) is 9.93. The van der Waals surface area contributed by atoms with Crippen LogP contribution < -0.4 is 10.6 Å². The summed E-state index contributed by atoms with van der Waals surface area (Å²) in [7, 11) is 1.34. The molecule has 1 aromatic heterocycles. The Kier molecular flexibility index (Phi) is 5.91. The molecule has 2 rings (SSSR count). The number of aromatic nitrogens is 1. The van der Waals surface area contributed by atoms with Crippen molar-refractivity contribution >= 4 is 23.3 Å². The third-order valence-electron chi connectivity index (χ3n) is 3.97. The van der Waals surface area contributed by atoms with E-state index in [-0.39, 0.29) is 23.5 Å². The van der Waals surface area contributed by atoms with E-state index in [0.717, 1.165) is 16.7 Å². The van der Waals surface area contributed by atoms with Crippen molar-refractivity contribution in [3.63, 3.8) is 0 Å². The molecular weight excluding hydrogens is 370 g/mol. The maximum Gasteiger partial charge on any atom is 0.293 e. The van der Waals surface area contributed by atoms with Gasteiger partial charge in [0.05, 0.1) is 17.7 Å². The molecular formula is C19H14F2N4O3. The first-order chi connectivity index (χ1) is 13.2. The fourth-order valence-electron chi connectivity index (χ4n) is 2.48. The average molecular weight is 384 g/mol. The summed E-state index contributed by atoms with van der Waals surface area (Å²) in [4.78, 5) is 36.5. The van der Waals surface area contributed by atoms with E-state index in [0.29, 0.717) is 0 Å². The third-order valence-corrected chi connectivity index (χ3v) is 3.97. The molecule has 0 saturated heterocycles. The Morgan fingerprint density at radius 1 is 1.29 bits per heavy atom.